The molecule has 0 aliphatic carbocycles. The van der Waals surface area contributed by atoms with E-state index in [9.17, 15) is 0 Å². The minimum atomic E-state index is 0.619. The van der Waals surface area contributed by atoms with Crippen molar-refractivity contribution in [3.8, 4) is 0 Å². The molecule has 1 rings (SSSR count). The summed E-state index contributed by atoms with van der Waals surface area (Å²) >= 11 is 1.34. The van der Waals surface area contributed by atoms with Gasteiger partial charge in [0, 0.05) is 30.4 Å². The van der Waals surface area contributed by atoms with E-state index in [1.165, 1.54) is 16.6 Å². The molecule has 1 heterocycles. The molecule has 0 saturated carbocycles. The fourth-order valence-corrected chi connectivity index (χ4v) is 0.790. The Bertz CT molecular complexity index is 207. The molecule has 1 aromatic rings. The van der Waals surface area contributed by atoms with Crippen molar-refractivity contribution in [2.45, 2.75) is 0 Å². The second kappa shape index (κ2) is 4.86. The van der Waals surface area contributed by atoms with Crippen LogP contribution in [0.15, 0.2) is 28.5 Å². The summed E-state index contributed by atoms with van der Waals surface area (Å²) in [4.78, 5) is 3.80. The maximum atomic E-state index is 5.25. The highest BCUT2D eigenvalue weighted by Gasteiger charge is 1.82. The summed E-state index contributed by atoms with van der Waals surface area (Å²) < 4.78 is 5.32. The summed E-state index contributed by atoms with van der Waals surface area (Å²) in [5.74, 6) is 0.790. The summed E-state index contributed by atoms with van der Waals surface area (Å²) in [5, 5.41) is 3.79. The third-order valence-corrected chi connectivity index (χ3v) is 1.50. The van der Waals surface area contributed by atoms with E-state index in [0.717, 1.165) is 5.75 Å². The predicted molar refractivity (Wildman–Crippen MR) is 44.0 cm³/mol. The number of aromatic nitrogens is 2. The van der Waals surface area contributed by atoms with Crippen LogP contribution in [0.4, 0.5) is 0 Å². The Labute approximate surface area is 68.8 Å². The van der Waals surface area contributed by atoms with Crippen LogP contribution in [-0.4, -0.2) is 22.0 Å². The summed E-state index contributed by atoms with van der Waals surface area (Å²) in [7, 11) is 0. The molecule has 0 radical (unpaired) electrons. The Balaban J connectivity index is 2.25. The van der Waals surface area contributed by atoms with Gasteiger partial charge in [-0.1, -0.05) is 9.74 Å². The van der Waals surface area contributed by atoms with Gasteiger partial charge in [0.15, 0.2) is 0 Å². The second-order valence-corrected chi connectivity index (χ2v) is 2.57. The molecule has 6 heteroatoms. The van der Waals surface area contributed by atoms with Gasteiger partial charge in [-0.25, -0.2) is 9.66 Å². The van der Waals surface area contributed by atoms with E-state index in [1.807, 2.05) is 0 Å². The SMILES string of the molecule is NCCS/N=N/n1ccnc1. The monoisotopic (exact) mass is 171 g/mol. The summed E-state index contributed by atoms with van der Waals surface area (Å²) in [6, 6.07) is 0. The summed E-state index contributed by atoms with van der Waals surface area (Å²) in [6.45, 7) is 0.619. The van der Waals surface area contributed by atoms with Gasteiger partial charge < -0.3 is 5.73 Å². The fraction of sp³-hybridized carbons (Fsp3) is 0.400. The van der Waals surface area contributed by atoms with E-state index in [2.05, 4.69) is 14.7 Å². The third-order valence-electron chi connectivity index (χ3n) is 0.897. The van der Waals surface area contributed by atoms with Crippen LogP contribution in [0.3, 0.4) is 0 Å². The molecule has 0 aliphatic heterocycles. The van der Waals surface area contributed by atoms with Gasteiger partial charge in [0.05, 0.1) is 6.20 Å². The van der Waals surface area contributed by atoms with E-state index < -0.39 is 0 Å². The molecule has 60 valence electrons. The highest BCUT2D eigenvalue weighted by atomic mass is 32.2. The summed E-state index contributed by atoms with van der Waals surface area (Å²) in [6.07, 6.45) is 4.94. The Hall–Kier alpha value is -0.880. The van der Waals surface area contributed by atoms with Gasteiger partial charge in [-0.3, -0.25) is 0 Å². The smallest absolute Gasteiger partial charge is 0.118 e. The van der Waals surface area contributed by atoms with Crippen LogP contribution in [0.5, 0.6) is 0 Å². The maximum absolute atomic E-state index is 5.25. The van der Waals surface area contributed by atoms with Gasteiger partial charge in [0.25, 0.3) is 0 Å². The van der Waals surface area contributed by atoms with Crippen LogP contribution >= 0.6 is 11.9 Å². The van der Waals surface area contributed by atoms with E-state index in [4.69, 9.17) is 5.73 Å². The first-order valence-electron chi connectivity index (χ1n) is 3.15. The van der Waals surface area contributed by atoms with Gasteiger partial charge in [-0.15, -0.1) is 0 Å². The zero-order chi connectivity index (χ0) is 7.94. The molecule has 11 heavy (non-hydrogen) atoms. The quantitative estimate of drug-likeness (QED) is 0.412. The van der Waals surface area contributed by atoms with Gasteiger partial charge in [0.2, 0.25) is 0 Å². The molecule has 0 bridgehead atoms. The van der Waals surface area contributed by atoms with Crippen molar-refractivity contribution >= 4 is 11.9 Å². The van der Waals surface area contributed by atoms with Gasteiger partial charge >= 0.3 is 0 Å². The number of rotatable bonds is 4. The highest BCUT2D eigenvalue weighted by Crippen LogP contribution is 2.00. The largest absolute Gasteiger partial charge is 0.330 e. The van der Waals surface area contributed by atoms with Crippen molar-refractivity contribution in [1.82, 2.24) is 9.66 Å². The molecule has 0 unspecified atom stereocenters. The van der Waals surface area contributed by atoms with Crippen LogP contribution in [0.2, 0.25) is 0 Å². The molecule has 0 spiro atoms. The number of nitrogens with zero attached hydrogens (tertiary/aromatic N) is 4. The average Bonchev–Trinajstić information content (AvgIpc) is 2.50. The van der Waals surface area contributed by atoms with E-state index >= 15 is 0 Å². The summed E-state index contributed by atoms with van der Waals surface area (Å²) in [5.41, 5.74) is 5.25. The van der Waals surface area contributed by atoms with Gasteiger partial charge in [-0.05, 0) is 0 Å². The standard InChI is InChI=1S/C5H9N5S/c6-1-4-11-9-8-10-3-2-7-5-10/h2-3,5H,1,4,6H2/b9-8+. The molecule has 0 amide bonds. The lowest BCUT2D eigenvalue weighted by atomic mass is 10.8. The van der Waals surface area contributed by atoms with Crippen molar-refractivity contribution in [2.75, 3.05) is 12.3 Å². The molecule has 2 N–H and O–H groups in total. The molecular weight excluding hydrogens is 162 g/mol. The highest BCUT2D eigenvalue weighted by molar-refractivity contribution is 7.97. The lowest BCUT2D eigenvalue weighted by molar-refractivity contribution is 0.819. The van der Waals surface area contributed by atoms with E-state index in [-0.39, 0.29) is 0 Å². The molecule has 0 atom stereocenters. The minimum absolute atomic E-state index is 0.619. The first kappa shape index (κ1) is 8.22. The Morgan fingerprint density at radius 1 is 1.64 bits per heavy atom. The Morgan fingerprint density at radius 2 is 2.55 bits per heavy atom. The molecule has 0 saturated heterocycles. The van der Waals surface area contributed by atoms with Crippen LogP contribution < -0.4 is 5.73 Å². The van der Waals surface area contributed by atoms with E-state index in [1.54, 1.807) is 18.7 Å². The molecule has 0 aromatic carbocycles. The second-order valence-electron chi connectivity index (χ2n) is 1.74. The fourth-order valence-electron chi connectivity index (χ4n) is 0.466. The van der Waals surface area contributed by atoms with Crippen LogP contribution in [0.1, 0.15) is 0 Å². The van der Waals surface area contributed by atoms with Gasteiger partial charge in [0.1, 0.15) is 6.33 Å². The first-order valence-corrected chi connectivity index (χ1v) is 4.09. The van der Waals surface area contributed by atoms with Crippen molar-refractivity contribution in [2.24, 2.45) is 15.5 Å². The first-order chi connectivity index (χ1) is 5.43. The third kappa shape index (κ3) is 3.15. The zero-order valence-corrected chi connectivity index (χ0v) is 6.74. The Morgan fingerprint density at radius 3 is 3.18 bits per heavy atom. The lowest BCUT2D eigenvalue weighted by Gasteiger charge is -1.87. The van der Waals surface area contributed by atoms with Crippen molar-refractivity contribution in [1.29, 1.82) is 0 Å². The van der Waals surface area contributed by atoms with Crippen LogP contribution in [0, 0.1) is 0 Å². The normalized spacial score (nSPS) is 11.0. The number of hydrogen-bond acceptors (Lipinski definition) is 5. The predicted octanol–water partition coefficient (Wildman–Crippen LogP) is 0.705. The number of nitrogens with two attached hydrogens (primary N) is 1. The zero-order valence-electron chi connectivity index (χ0n) is 5.92. The molecule has 0 aliphatic rings. The molecular formula is C5H9N5S. The van der Waals surface area contributed by atoms with Crippen molar-refractivity contribution < 1.29 is 0 Å². The van der Waals surface area contributed by atoms with Crippen LogP contribution in [-0.2, 0) is 0 Å². The van der Waals surface area contributed by atoms with Crippen LogP contribution in [0.25, 0.3) is 0 Å². The molecule has 5 nitrogen and oxygen atoms in total. The molecule has 0 fully saturated rings. The molecule has 1 aromatic heterocycles. The topological polar surface area (TPSA) is 68.6 Å². The maximum Gasteiger partial charge on any atom is 0.118 e. The van der Waals surface area contributed by atoms with Crippen molar-refractivity contribution in [3.05, 3.63) is 18.7 Å². The Kier molecular flexibility index (Phi) is 3.63. The lowest BCUT2D eigenvalue weighted by Crippen LogP contribution is -1.99. The average molecular weight is 171 g/mol. The van der Waals surface area contributed by atoms with Crippen molar-refractivity contribution in [3.63, 3.8) is 0 Å². The van der Waals surface area contributed by atoms with E-state index in [0.29, 0.717) is 6.54 Å². The number of imidazole rings is 1. The van der Waals surface area contributed by atoms with Gasteiger partial charge in [-0.2, -0.15) is 0 Å². The number of hydrogen-bond donors (Lipinski definition) is 1. The minimum Gasteiger partial charge on any atom is -0.330 e.